The zero-order valence-electron chi connectivity index (χ0n) is 26.9. The highest BCUT2D eigenvalue weighted by molar-refractivity contribution is 6.37. The van der Waals surface area contributed by atoms with Gasteiger partial charge in [0.15, 0.2) is 5.60 Å². The summed E-state index contributed by atoms with van der Waals surface area (Å²) in [6.45, 7) is 4.79. The van der Waals surface area contributed by atoms with Crippen molar-refractivity contribution in [1.29, 1.82) is 0 Å². The van der Waals surface area contributed by atoms with Gasteiger partial charge in [0.1, 0.15) is 30.0 Å². The fraction of sp³-hybridized carbons (Fsp3) is 0.364. The molecule has 0 aromatic heterocycles. The number of carbonyl (C=O) groups is 7. The molecule has 0 spiro atoms. The predicted molar refractivity (Wildman–Crippen MR) is 173 cm³/mol. The number of rotatable bonds is 8. The number of aromatic hydroxyl groups is 1. The summed E-state index contributed by atoms with van der Waals surface area (Å²) in [6.07, 6.45) is -0.553. The molecule has 0 saturated heterocycles. The third-order valence-electron chi connectivity index (χ3n) is 8.51. The van der Waals surface area contributed by atoms with Crippen LogP contribution in [0, 0.1) is 5.92 Å². The molecule has 2 aliphatic heterocycles. The van der Waals surface area contributed by atoms with Crippen LogP contribution in [0.1, 0.15) is 44.7 Å². The average molecular weight is 679 g/mol. The van der Waals surface area contributed by atoms with Crippen molar-refractivity contribution >= 4 is 46.9 Å². The van der Waals surface area contributed by atoms with Gasteiger partial charge in [0.2, 0.25) is 29.4 Å². The number of phenolic OH excluding ortho intramolecular Hbond substituents is 1. The number of hydrogen-bond donors (Lipinski definition) is 9. The molecule has 1 unspecified atom stereocenters. The largest absolute Gasteiger partial charge is 0.507 e. The standard InChI is InChI=1S/C33H38N6O10/c1-4-11-35-30(46)25-27(43)33(49)19-8-6-7-17(24(19)39-32(33)48)18-12-16(9-10-22(18)40)13-20(37-31(47)26(42)15(3)5-2)28(44)36-21(14-23(34)41)29(45)38-25/h4,6-12,15,20-21,25,27,40,43,49H,5,13-14H2,1-3H3,(H2,34,41)(H,35,46)(H,36,44)(H,37,47)(H,38,45)(H,39,48)/b11-4-/t15-,20-,21-,25?,27+,33-/m0/s1. The maximum atomic E-state index is 13.7. The Balaban J connectivity index is 1.93. The zero-order valence-corrected chi connectivity index (χ0v) is 26.9. The summed E-state index contributed by atoms with van der Waals surface area (Å²) >= 11 is 0. The molecule has 49 heavy (non-hydrogen) atoms. The van der Waals surface area contributed by atoms with E-state index in [1.165, 1.54) is 49.4 Å². The van der Waals surface area contributed by atoms with E-state index in [0.29, 0.717) is 12.0 Å². The van der Waals surface area contributed by atoms with Crippen molar-refractivity contribution in [3.8, 4) is 16.9 Å². The van der Waals surface area contributed by atoms with Crippen molar-refractivity contribution in [2.45, 2.75) is 69.9 Å². The second-order valence-electron chi connectivity index (χ2n) is 11.9. The number of carbonyl (C=O) groups excluding carboxylic acids is 7. The van der Waals surface area contributed by atoms with E-state index in [1.807, 2.05) is 0 Å². The number of hydrogen-bond acceptors (Lipinski definition) is 10. The molecule has 2 aromatic carbocycles. The van der Waals surface area contributed by atoms with Gasteiger partial charge in [0.25, 0.3) is 11.8 Å². The number of benzene rings is 2. The summed E-state index contributed by atoms with van der Waals surface area (Å²) < 4.78 is 0. The number of fused-ring (bicyclic) bond motifs is 3. The zero-order chi connectivity index (χ0) is 36.2. The SMILES string of the molecule is C/C=C\NC(=O)C1NC(=O)[C@H](CC(N)=O)NC(=O)[C@@H](NC(=O)C(=O)[C@@H](C)CC)Cc2ccc(O)c(c2)-c2cccc3c2NC(=O)[C@@]3(O)[C@@H]1O. The van der Waals surface area contributed by atoms with Crippen LogP contribution in [0.15, 0.2) is 48.7 Å². The van der Waals surface area contributed by atoms with Crippen LogP contribution in [-0.2, 0) is 45.6 Å². The Morgan fingerprint density at radius 1 is 1.08 bits per heavy atom. The molecule has 16 heteroatoms. The highest BCUT2D eigenvalue weighted by atomic mass is 16.4. The van der Waals surface area contributed by atoms with E-state index < -0.39 is 83.4 Å². The summed E-state index contributed by atoms with van der Waals surface area (Å²) in [5.41, 5.74) is 2.95. The van der Waals surface area contributed by atoms with Gasteiger partial charge in [-0.25, -0.2) is 0 Å². The predicted octanol–water partition coefficient (Wildman–Crippen LogP) is -1.29. The van der Waals surface area contributed by atoms with Crippen molar-refractivity contribution in [3.63, 3.8) is 0 Å². The number of nitrogens with two attached hydrogens (primary N) is 1. The molecule has 6 bridgehead atoms. The quantitative estimate of drug-likeness (QED) is 0.149. The average Bonchev–Trinajstić information content (AvgIpc) is 3.34. The number of aliphatic hydroxyl groups excluding tert-OH is 1. The highest BCUT2D eigenvalue weighted by Crippen LogP contribution is 2.46. The molecule has 10 N–H and O–H groups in total. The van der Waals surface area contributed by atoms with Crippen molar-refractivity contribution in [1.82, 2.24) is 21.3 Å². The molecule has 2 aliphatic rings. The van der Waals surface area contributed by atoms with Gasteiger partial charge < -0.3 is 47.6 Å². The van der Waals surface area contributed by atoms with Crippen LogP contribution in [0.5, 0.6) is 5.75 Å². The van der Waals surface area contributed by atoms with Crippen LogP contribution in [-0.4, -0.2) is 80.8 Å². The minimum atomic E-state index is -2.83. The molecule has 4 rings (SSSR count). The third kappa shape index (κ3) is 7.29. The lowest BCUT2D eigenvalue weighted by atomic mass is 9.83. The fourth-order valence-corrected chi connectivity index (χ4v) is 5.58. The monoisotopic (exact) mass is 678 g/mol. The first kappa shape index (κ1) is 36.2. The summed E-state index contributed by atoms with van der Waals surface area (Å²) in [7, 11) is 0. The Morgan fingerprint density at radius 2 is 1.80 bits per heavy atom. The smallest absolute Gasteiger partial charge is 0.288 e. The summed E-state index contributed by atoms with van der Waals surface area (Å²) in [6, 6.07) is 3.02. The number of allylic oxidation sites excluding steroid dienone is 1. The Morgan fingerprint density at radius 3 is 2.45 bits per heavy atom. The van der Waals surface area contributed by atoms with Gasteiger partial charge in [-0.2, -0.15) is 0 Å². The van der Waals surface area contributed by atoms with E-state index in [-0.39, 0.29) is 34.5 Å². The minimum absolute atomic E-state index is 0.0270. The van der Waals surface area contributed by atoms with Gasteiger partial charge >= 0.3 is 0 Å². The van der Waals surface area contributed by atoms with E-state index in [0.717, 1.165) is 6.20 Å². The Labute approximate surface area is 280 Å². The maximum Gasteiger partial charge on any atom is 0.288 e. The molecule has 0 radical (unpaired) electrons. The first-order valence-corrected chi connectivity index (χ1v) is 15.5. The molecule has 0 aliphatic carbocycles. The van der Waals surface area contributed by atoms with Gasteiger partial charge in [-0.3, -0.25) is 33.6 Å². The summed E-state index contributed by atoms with van der Waals surface area (Å²) in [4.78, 5) is 91.8. The highest BCUT2D eigenvalue weighted by Gasteiger charge is 2.56. The minimum Gasteiger partial charge on any atom is -0.507 e. The van der Waals surface area contributed by atoms with Crippen molar-refractivity contribution in [3.05, 3.63) is 59.8 Å². The molecule has 6 atom stereocenters. The molecule has 0 fully saturated rings. The first-order chi connectivity index (χ1) is 23.1. The second-order valence-corrected chi connectivity index (χ2v) is 11.9. The van der Waals surface area contributed by atoms with Gasteiger partial charge in [0.05, 0.1) is 12.1 Å². The van der Waals surface area contributed by atoms with E-state index in [2.05, 4.69) is 26.6 Å². The topological polar surface area (TPSA) is 266 Å². The van der Waals surface area contributed by atoms with Crippen molar-refractivity contribution in [2.75, 3.05) is 5.32 Å². The Hall–Kier alpha value is -5.61. The molecule has 6 amide bonds. The van der Waals surface area contributed by atoms with E-state index in [4.69, 9.17) is 5.73 Å². The second kappa shape index (κ2) is 14.7. The number of aliphatic hydroxyl groups is 2. The van der Waals surface area contributed by atoms with Crippen LogP contribution < -0.4 is 32.3 Å². The maximum absolute atomic E-state index is 13.7. The summed E-state index contributed by atoms with van der Waals surface area (Å²) in [5, 5.41) is 46.0. The number of primary amides is 1. The lowest BCUT2D eigenvalue weighted by molar-refractivity contribution is -0.155. The van der Waals surface area contributed by atoms with Crippen molar-refractivity contribution in [2.24, 2.45) is 11.7 Å². The van der Waals surface area contributed by atoms with Crippen molar-refractivity contribution < 1.29 is 48.9 Å². The molecule has 260 valence electrons. The number of para-hydroxylation sites is 1. The van der Waals surface area contributed by atoms with Gasteiger partial charge in [-0.05, 0) is 37.2 Å². The number of phenols is 1. The molecule has 2 heterocycles. The molecule has 2 aromatic rings. The third-order valence-corrected chi connectivity index (χ3v) is 8.51. The van der Waals surface area contributed by atoms with Crippen LogP contribution >= 0.6 is 0 Å². The first-order valence-electron chi connectivity index (χ1n) is 15.5. The number of Topliss-reactive ketones (excluding diaryl/α,β-unsaturated/α-hetero) is 1. The van der Waals surface area contributed by atoms with E-state index >= 15 is 0 Å². The molecular weight excluding hydrogens is 640 g/mol. The number of nitrogens with one attached hydrogen (secondary N) is 5. The normalized spacial score (nSPS) is 24.3. The molecular formula is C33H38N6O10. The molecule has 16 nitrogen and oxygen atoms in total. The van der Waals surface area contributed by atoms with Crippen LogP contribution in [0.2, 0.25) is 0 Å². The van der Waals surface area contributed by atoms with Gasteiger partial charge in [-0.15, -0.1) is 0 Å². The van der Waals surface area contributed by atoms with Gasteiger partial charge in [-0.1, -0.05) is 44.2 Å². The van der Waals surface area contributed by atoms with Crippen LogP contribution in [0.3, 0.4) is 0 Å². The number of amides is 6. The van der Waals surface area contributed by atoms with Gasteiger partial charge in [0, 0.05) is 29.0 Å². The lowest BCUT2D eigenvalue weighted by Crippen LogP contribution is -2.64. The van der Waals surface area contributed by atoms with Crippen LogP contribution in [0.25, 0.3) is 11.1 Å². The number of anilines is 1. The van der Waals surface area contributed by atoms with Crippen LogP contribution in [0.4, 0.5) is 5.69 Å². The molecule has 0 saturated carbocycles. The summed E-state index contributed by atoms with van der Waals surface area (Å²) in [5.74, 6) is -8.38. The van der Waals surface area contributed by atoms with E-state index in [9.17, 15) is 48.9 Å². The fourth-order valence-electron chi connectivity index (χ4n) is 5.58. The lowest BCUT2D eigenvalue weighted by Gasteiger charge is -2.33. The number of ketones is 1. The Bertz CT molecular complexity index is 1740. The van der Waals surface area contributed by atoms with E-state index in [1.54, 1.807) is 13.8 Å². The Kier molecular flexibility index (Phi) is 10.8.